The summed E-state index contributed by atoms with van der Waals surface area (Å²) in [7, 11) is 0. The Bertz CT molecular complexity index is 591. The van der Waals surface area contributed by atoms with Gasteiger partial charge in [0.25, 0.3) is 0 Å². The van der Waals surface area contributed by atoms with Crippen LogP contribution in [0.5, 0.6) is 0 Å². The molecule has 0 spiro atoms. The van der Waals surface area contributed by atoms with Crippen molar-refractivity contribution in [3.05, 3.63) is 34.4 Å². The number of unbranched alkanes of at least 4 members (excludes halogenated alkanes) is 2. The maximum atomic E-state index is 6.12. The molecule has 0 unspecified atom stereocenters. The van der Waals surface area contributed by atoms with Crippen molar-refractivity contribution in [3.63, 3.8) is 0 Å². The number of rotatable bonds is 7. The summed E-state index contributed by atoms with van der Waals surface area (Å²) in [6, 6.07) is 5.33. The van der Waals surface area contributed by atoms with Crippen LogP contribution >= 0.6 is 23.2 Å². The van der Waals surface area contributed by atoms with Crippen molar-refractivity contribution in [2.75, 3.05) is 17.2 Å². The molecule has 2 N–H and O–H groups in total. The minimum atomic E-state index is 0.375. The predicted molar refractivity (Wildman–Crippen MR) is 87.6 cm³/mol. The van der Waals surface area contributed by atoms with Crippen LogP contribution in [0.2, 0.25) is 10.0 Å². The maximum Gasteiger partial charge on any atom is 0.249 e. The van der Waals surface area contributed by atoms with Crippen molar-refractivity contribution < 1.29 is 0 Å². The molecule has 0 saturated carbocycles. The normalized spacial score (nSPS) is 10.4. The van der Waals surface area contributed by atoms with E-state index in [2.05, 4.69) is 32.7 Å². The molecule has 21 heavy (non-hydrogen) atoms. The lowest BCUT2D eigenvalue weighted by Gasteiger charge is -2.09. The number of benzene rings is 1. The lowest BCUT2D eigenvalue weighted by atomic mass is 10.2. The Labute approximate surface area is 134 Å². The van der Waals surface area contributed by atoms with Crippen LogP contribution in [0.1, 0.15) is 26.2 Å². The SMILES string of the molecule is CCCCCNc1cnnc(Nc2cccc(Cl)c2Cl)n1. The second-order valence-electron chi connectivity index (χ2n) is 4.53. The maximum absolute atomic E-state index is 6.12. The average Bonchev–Trinajstić information content (AvgIpc) is 2.49. The van der Waals surface area contributed by atoms with Gasteiger partial charge in [0.2, 0.25) is 5.95 Å². The van der Waals surface area contributed by atoms with E-state index in [1.165, 1.54) is 12.8 Å². The van der Waals surface area contributed by atoms with Gasteiger partial charge in [0, 0.05) is 6.54 Å². The zero-order valence-electron chi connectivity index (χ0n) is 11.7. The van der Waals surface area contributed by atoms with Crippen LogP contribution in [0.15, 0.2) is 24.4 Å². The zero-order chi connectivity index (χ0) is 15.1. The standard InChI is InChI=1S/C14H17Cl2N5/c1-2-3-4-8-17-12-9-18-21-14(20-12)19-11-7-5-6-10(15)13(11)16/h5-7,9H,2-4,8H2,1H3,(H2,17,19,20,21). The van der Waals surface area contributed by atoms with E-state index in [1.807, 2.05) is 0 Å². The summed E-state index contributed by atoms with van der Waals surface area (Å²) < 4.78 is 0. The molecule has 0 amide bonds. The molecular weight excluding hydrogens is 309 g/mol. The van der Waals surface area contributed by atoms with E-state index >= 15 is 0 Å². The van der Waals surface area contributed by atoms with Gasteiger partial charge < -0.3 is 10.6 Å². The fraction of sp³-hybridized carbons (Fsp3) is 0.357. The molecule has 0 saturated heterocycles. The molecule has 1 aromatic carbocycles. The van der Waals surface area contributed by atoms with Crippen LogP contribution < -0.4 is 10.6 Å². The highest BCUT2D eigenvalue weighted by molar-refractivity contribution is 6.43. The number of aromatic nitrogens is 3. The van der Waals surface area contributed by atoms with Crippen molar-refractivity contribution in [1.29, 1.82) is 0 Å². The topological polar surface area (TPSA) is 62.7 Å². The van der Waals surface area contributed by atoms with Gasteiger partial charge in [-0.15, -0.1) is 5.10 Å². The van der Waals surface area contributed by atoms with Crippen LogP contribution in [0, 0.1) is 0 Å². The Balaban J connectivity index is 2.02. The van der Waals surface area contributed by atoms with Gasteiger partial charge in [-0.05, 0) is 18.6 Å². The molecule has 0 fully saturated rings. The van der Waals surface area contributed by atoms with Gasteiger partial charge in [-0.3, -0.25) is 0 Å². The third kappa shape index (κ3) is 4.72. The third-order valence-corrected chi connectivity index (χ3v) is 3.66. The van der Waals surface area contributed by atoms with E-state index < -0.39 is 0 Å². The Morgan fingerprint density at radius 2 is 2.05 bits per heavy atom. The van der Waals surface area contributed by atoms with Crippen molar-refractivity contribution in [2.24, 2.45) is 0 Å². The number of nitrogens with one attached hydrogen (secondary N) is 2. The number of halogens is 2. The van der Waals surface area contributed by atoms with Crippen molar-refractivity contribution >= 4 is 40.7 Å². The average molecular weight is 326 g/mol. The molecule has 2 aromatic rings. The Kier molecular flexibility index (Phi) is 6.02. The van der Waals surface area contributed by atoms with Gasteiger partial charge >= 0.3 is 0 Å². The molecule has 1 aromatic heterocycles. The highest BCUT2D eigenvalue weighted by Crippen LogP contribution is 2.30. The smallest absolute Gasteiger partial charge is 0.249 e. The molecule has 0 radical (unpaired) electrons. The third-order valence-electron chi connectivity index (χ3n) is 2.84. The van der Waals surface area contributed by atoms with Crippen LogP contribution in [0.3, 0.4) is 0 Å². The molecule has 0 aliphatic rings. The Morgan fingerprint density at radius 1 is 1.19 bits per heavy atom. The Morgan fingerprint density at radius 3 is 2.86 bits per heavy atom. The van der Waals surface area contributed by atoms with Gasteiger partial charge in [-0.2, -0.15) is 10.1 Å². The molecule has 0 bridgehead atoms. The molecule has 0 aliphatic carbocycles. The second-order valence-corrected chi connectivity index (χ2v) is 5.31. The predicted octanol–water partition coefficient (Wildman–Crippen LogP) is 4.52. The molecule has 112 valence electrons. The van der Waals surface area contributed by atoms with E-state index in [-0.39, 0.29) is 0 Å². The lowest BCUT2D eigenvalue weighted by molar-refractivity contribution is 0.741. The lowest BCUT2D eigenvalue weighted by Crippen LogP contribution is -2.07. The van der Waals surface area contributed by atoms with Gasteiger partial charge in [-0.1, -0.05) is 49.0 Å². The summed E-state index contributed by atoms with van der Waals surface area (Å²) >= 11 is 12.1. The molecule has 1 heterocycles. The van der Waals surface area contributed by atoms with E-state index in [0.717, 1.165) is 13.0 Å². The molecular formula is C14H17Cl2N5. The summed E-state index contributed by atoms with van der Waals surface area (Å²) in [6.45, 7) is 3.03. The largest absolute Gasteiger partial charge is 0.369 e. The number of hydrogen-bond acceptors (Lipinski definition) is 5. The molecule has 0 aliphatic heterocycles. The van der Waals surface area contributed by atoms with Gasteiger partial charge in [0.15, 0.2) is 5.82 Å². The highest BCUT2D eigenvalue weighted by atomic mass is 35.5. The molecule has 7 heteroatoms. The van der Waals surface area contributed by atoms with Crippen molar-refractivity contribution in [3.8, 4) is 0 Å². The van der Waals surface area contributed by atoms with Gasteiger partial charge in [0.05, 0.1) is 21.9 Å². The fourth-order valence-corrected chi connectivity index (χ4v) is 2.10. The van der Waals surface area contributed by atoms with Crippen LogP contribution in [0.4, 0.5) is 17.5 Å². The van der Waals surface area contributed by atoms with E-state index in [1.54, 1.807) is 24.4 Å². The van der Waals surface area contributed by atoms with E-state index in [0.29, 0.717) is 27.5 Å². The van der Waals surface area contributed by atoms with E-state index in [4.69, 9.17) is 23.2 Å². The first kappa shape index (κ1) is 15.8. The summed E-state index contributed by atoms with van der Waals surface area (Å²) in [6.07, 6.45) is 5.07. The molecule has 0 atom stereocenters. The first-order valence-electron chi connectivity index (χ1n) is 6.85. The number of nitrogens with zero attached hydrogens (tertiary/aromatic N) is 3. The second kappa shape index (κ2) is 8.00. The fourth-order valence-electron chi connectivity index (χ4n) is 1.75. The number of anilines is 3. The van der Waals surface area contributed by atoms with Crippen LogP contribution in [-0.4, -0.2) is 21.7 Å². The minimum Gasteiger partial charge on any atom is -0.369 e. The first-order chi connectivity index (χ1) is 10.2. The van der Waals surface area contributed by atoms with Crippen molar-refractivity contribution in [2.45, 2.75) is 26.2 Å². The number of hydrogen-bond donors (Lipinski definition) is 2. The monoisotopic (exact) mass is 325 g/mol. The summed E-state index contributed by atoms with van der Waals surface area (Å²) in [5, 5.41) is 15.0. The van der Waals surface area contributed by atoms with Crippen LogP contribution in [-0.2, 0) is 0 Å². The molecule has 5 nitrogen and oxygen atoms in total. The Hall–Kier alpha value is -1.59. The summed E-state index contributed by atoms with van der Waals surface area (Å²) in [4.78, 5) is 4.34. The van der Waals surface area contributed by atoms with Gasteiger partial charge in [0.1, 0.15) is 0 Å². The highest BCUT2D eigenvalue weighted by Gasteiger charge is 2.07. The minimum absolute atomic E-state index is 0.375. The summed E-state index contributed by atoms with van der Waals surface area (Å²) in [5.74, 6) is 1.06. The quantitative estimate of drug-likeness (QED) is 0.732. The first-order valence-corrected chi connectivity index (χ1v) is 7.61. The molecule has 2 rings (SSSR count). The van der Waals surface area contributed by atoms with Crippen LogP contribution in [0.25, 0.3) is 0 Å². The van der Waals surface area contributed by atoms with E-state index in [9.17, 15) is 0 Å². The zero-order valence-corrected chi connectivity index (χ0v) is 13.2. The summed E-state index contributed by atoms with van der Waals surface area (Å²) in [5.41, 5.74) is 0.647. The van der Waals surface area contributed by atoms with Crippen molar-refractivity contribution in [1.82, 2.24) is 15.2 Å². The van der Waals surface area contributed by atoms with Gasteiger partial charge in [-0.25, -0.2) is 0 Å².